The summed E-state index contributed by atoms with van der Waals surface area (Å²) in [6.07, 6.45) is 0.969. The van der Waals surface area contributed by atoms with Gasteiger partial charge in [0.15, 0.2) is 0 Å². The highest BCUT2D eigenvalue weighted by molar-refractivity contribution is 8.02. The second kappa shape index (κ2) is 4.67. The van der Waals surface area contributed by atoms with Gasteiger partial charge in [0.1, 0.15) is 5.82 Å². The summed E-state index contributed by atoms with van der Waals surface area (Å²) in [4.78, 5) is 10.5. The second-order valence-electron chi connectivity index (χ2n) is 2.19. The van der Waals surface area contributed by atoms with Crippen LogP contribution < -0.4 is 0 Å². The number of carboxylic acid groups (broad SMARTS) is 1. The Morgan fingerprint density at radius 1 is 1.46 bits per heavy atom. The minimum atomic E-state index is -1.04. The van der Waals surface area contributed by atoms with Crippen molar-refractivity contribution in [3.05, 3.63) is 41.6 Å². The highest BCUT2D eigenvalue weighted by Gasteiger charge is 1.97. The summed E-state index contributed by atoms with van der Waals surface area (Å²) in [7, 11) is 0. The molecule has 0 aliphatic carbocycles. The van der Waals surface area contributed by atoms with Crippen LogP contribution in [0.1, 0.15) is 0 Å². The van der Waals surface area contributed by atoms with Crippen LogP contribution in [0.15, 0.2) is 40.6 Å². The number of benzene rings is 1. The van der Waals surface area contributed by atoms with Crippen LogP contribution in [-0.2, 0) is 4.79 Å². The lowest BCUT2D eigenvalue weighted by atomic mass is 10.4. The third kappa shape index (κ3) is 3.29. The van der Waals surface area contributed by atoms with Gasteiger partial charge in [0, 0.05) is 11.0 Å². The lowest BCUT2D eigenvalue weighted by Crippen LogP contribution is -1.84. The molecule has 0 amide bonds. The Labute approximate surface area is 79.1 Å². The SMILES string of the molecule is O=C(O)C=CSc1ccccc1F. The van der Waals surface area contributed by atoms with Crippen LogP contribution in [-0.4, -0.2) is 11.1 Å². The highest BCUT2D eigenvalue weighted by Crippen LogP contribution is 2.21. The molecule has 2 nitrogen and oxygen atoms in total. The molecule has 0 saturated heterocycles. The molecule has 0 radical (unpaired) electrons. The van der Waals surface area contributed by atoms with Crippen LogP contribution in [0.2, 0.25) is 0 Å². The van der Waals surface area contributed by atoms with E-state index in [0.717, 1.165) is 17.8 Å². The topological polar surface area (TPSA) is 37.3 Å². The Morgan fingerprint density at radius 3 is 2.77 bits per heavy atom. The van der Waals surface area contributed by atoms with Gasteiger partial charge in [0.05, 0.1) is 0 Å². The van der Waals surface area contributed by atoms with Gasteiger partial charge in [0.2, 0.25) is 0 Å². The van der Waals surface area contributed by atoms with Crippen molar-refractivity contribution in [1.29, 1.82) is 0 Å². The van der Waals surface area contributed by atoms with Gasteiger partial charge in [0.25, 0.3) is 0 Å². The van der Waals surface area contributed by atoms with E-state index in [4.69, 9.17) is 5.11 Å². The van der Waals surface area contributed by atoms with Gasteiger partial charge in [-0.3, -0.25) is 0 Å². The third-order valence-corrected chi connectivity index (χ3v) is 2.10. The van der Waals surface area contributed by atoms with Gasteiger partial charge < -0.3 is 5.11 Å². The fraction of sp³-hybridized carbons (Fsp3) is 0. The van der Waals surface area contributed by atoms with E-state index in [1.807, 2.05) is 0 Å². The zero-order valence-electron chi connectivity index (χ0n) is 6.61. The van der Waals surface area contributed by atoms with Gasteiger partial charge in [-0.1, -0.05) is 23.9 Å². The maximum Gasteiger partial charge on any atom is 0.328 e. The number of carbonyl (C=O) groups is 1. The first-order valence-electron chi connectivity index (χ1n) is 3.51. The van der Waals surface area contributed by atoms with E-state index in [-0.39, 0.29) is 5.82 Å². The van der Waals surface area contributed by atoms with E-state index in [0.29, 0.717) is 4.90 Å². The summed E-state index contributed by atoms with van der Waals surface area (Å²) < 4.78 is 12.9. The van der Waals surface area contributed by atoms with Gasteiger partial charge in [-0.2, -0.15) is 0 Å². The molecule has 0 fully saturated rings. The summed E-state index contributed by atoms with van der Waals surface area (Å²) >= 11 is 1.04. The van der Waals surface area contributed by atoms with E-state index in [9.17, 15) is 9.18 Å². The maximum absolute atomic E-state index is 12.9. The van der Waals surface area contributed by atoms with Crippen LogP contribution in [0, 0.1) is 5.82 Å². The fourth-order valence-corrected chi connectivity index (χ4v) is 1.37. The predicted molar refractivity (Wildman–Crippen MR) is 49.0 cm³/mol. The van der Waals surface area contributed by atoms with Crippen molar-refractivity contribution in [2.24, 2.45) is 0 Å². The zero-order valence-corrected chi connectivity index (χ0v) is 7.42. The molecule has 13 heavy (non-hydrogen) atoms. The van der Waals surface area contributed by atoms with E-state index in [1.165, 1.54) is 11.5 Å². The van der Waals surface area contributed by atoms with Crippen molar-refractivity contribution >= 4 is 17.7 Å². The lowest BCUT2D eigenvalue weighted by molar-refractivity contribution is -0.131. The van der Waals surface area contributed by atoms with Crippen LogP contribution in [0.4, 0.5) is 4.39 Å². The molecule has 0 saturated carbocycles. The number of halogens is 1. The van der Waals surface area contributed by atoms with E-state index >= 15 is 0 Å². The molecule has 0 atom stereocenters. The molecule has 0 aromatic heterocycles. The average molecular weight is 198 g/mol. The van der Waals surface area contributed by atoms with Crippen LogP contribution in [0.3, 0.4) is 0 Å². The smallest absolute Gasteiger partial charge is 0.328 e. The quantitative estimate of drug-likeness (QED) is 0.599. The van der Waals surface area contributed by atoms with Crippen molar-refractivity contribution in [2.75, 3.05) is 0 Å². The van der Waals surface area contributed by atoms with Crippen molar-refractivity contribution < 1.29 is 14.3 Å². The van der Waals surface area contributed by atoms with E-state index < -0.39 is 5.97 Å². The Hall–Kier alpha value is -1.29. The number of carboxylic acids is 1. The van der Waals surface area contributed by atoms with Gasteiger partial charge >= 0.3 is 5.97 Å². The summed E-state index contributed by atoms with van der Waals surface area (Å²) in [5.41, 5.74) is 0. The molecule has 1 aromatic rings. The zero-order chi connectivity index (χ0) is 9.68. The predicted octanol–water partition coefficient (Wildman–Crippen LogP) is 2.52. The van der Waals surface area contributed by atoms with E-state index in [1.54, 1.807) is 18.2 Å². The number of hydrogen-bond donors (Lipinski definition) is 1. The summed E-state index contributed by atoms with van der Waals surface area (Å²) in [5.74, 6) is -1.38. The molecule has 0 spiro atoms. The van der Waals surface area contributed by atoms with E-state index in [2.05, 4.69) is 0 Å². The summed E-state index contributed by atoms with van der Waals surface area (Å²) in [5, 5.41) is 9.60. The molecule has 1 N–H and O–H groups in total. The molecule has 68 valence electrons. The number of rotatable bonds is 3. The minimum Gasteiger partial charge on any atom is -0.478 e. The summed E-state index contributed by atoms with van der Waals surface area (Å²) in [6.45, 7) is 0. The molecule has 0 unspecified atom stereocenters. The van der Waals surface area contributed by atoms with Gasteiger partial charge in [-0.25, -0.2) is 9.18 Å². The largest absolute Gasteiger partial charge is 0.478 e. The van der Waals surface area contributed by atoms with Gasteiger partial charge in [-0.15, -0.1) is 0 Å². The van der Waals surface area contributed by atoms with Crippen molar-refractivity contribution in [1.82, 2.24) is 0 Å². The highest BCUT2D eigenvalue weighted by atomic mass is 32.2. The van der Waals surface area contributed by atoms with Crippen molar-refractivity contribution in [3.8, 4) is 0 Å². The number of aliphatic carboxylic acids is 1. The molecular weight excluding hydrogens is 191 g/mol. The van der Waals surface area contributed by atoms with Crippen LogP contribution in [0.5, 0.6) is 0 Å². The fourth-order valence-electron chi connectivity index (χ4n) is 0.706. The Balaban J connectivity index is 2.64. The third-order valence-electron chi connectivity index (χ3n) is 1.24. The molecule has 0 bridgehead atoms. The molecular formula is C9H7FO2S. The standard InChI is InChI=1S/C9H7FO2S/c10-7-3-1-2-4-8(7)13-6-5-9(11)12/h1-6H,(H,11,12). The van der Waals surface area contributed by atoms with Crippen molar-refractivity contribution in [2.45, 2.75) is 4.90 Å². The second-order valence-corrected chi connectivity index (χ2v) is 3.14. The average Bonchev–Trinajstić information content (AvgIpc) is 2.08. The van der Waals surface area contributed by atoms with Crippen molar-refractivity contribution in [3.63, 3.8) is 0 Å². The van der Waals surface area contributed by atoms with Crippen LogP contribution >= 0.6 is 11.8 Å². The Bertz CT molecular complexity index is 336. The monoisotopic (exact) mass is 198 g/mol. The molecule has 1 aromatic carbocycles. The lowest BCUT2D eigenvalue weighted by Gasteiger charge is -1.95. The maximum atomic E-state index is 12.9. The summed E-state index contributed by atoms with van der Waals surface area (Å²) in [6, 6.07) is 6.20. The molecule has 1 rings (SSSR count). The normalized spacial score (nSPS) is 10.5. The Kier molecular flexibility index (Phi) is 3.52. The molecule has 0 heterocycles. The van der Waals surface area contributed by atoms with Gasteiger partial charge in [-0.05, 0) is 17.5 Å². The van der Waals surface area contributed by atoms with Crippen LogP contribution in [0.25, 0.3) is 0 Å². The first-order chi connectivity index (χ1) is 6.20. The Morgan fingerprint density at radius 2 is 2.15 bits per heavy atom. The first-order valence-corrected chi connectivity index (χ1v) is 4.39. The molecule has 0 aliphatic heterocycles. The minimum absolute atomic E-state index is 0.345. The first kappa shape index (κ1) is 9.80. The number of hydrogen-bond acceptors (Lipinski definition) is 2. The molecule has 4 heteroatoms. The number of thioether (sulfide) groups is 1. The molecule has 0 aliphatic rings.